The van der Waals surface area contributed by atoms with E-state index in [0.717, 1.165) is 16.7 Å². The lowest BCUT2D eigenvalue weighted by atomic mass is 10.1. The number of rotatable bonds is 1. The first-order chi connectivity index (χ1) is 8.27. The third kappa shape index (κ3) is 1.47. The molecular formula is C14H11NO2. The number of pyridine rings is 1. The summed E-state index contributed by atoms with van der Waals surface area (Å²) in [6.07, 6.45) is 3.44. The molecule has 0 aliphatic carbocycles. The quantitative estimate of drug-likeness (QED) is 0.638. The molecule has 0 N–H and O–H groups in total. The summed E-state index contributed by atoms with van der Waals surface area (Å²) in [6.45, 7) is 0. The van der Waals surface area contributed by atoms with E-state index in [1.807, 2.05) is 42.6 Å². The van der Waals surface area contributed by atoms with Crippen molar-refractivity contribution < 1.29 is 4.42 Å². The number of benzene rings is 1. The Bertz CT molecular complexity index is 724. The summed E-state index contributed by atoms with van der Waals surface area (Å²) in [4.78, 5) is 12.0. The minimum atomic E-state index is 0.0101. The Morgan fingerprint density at radius 1 is 1.06 bits per heavy atom. The minimum Gasteiger partial charge on any atom is -0.464 e. The molecule has 1 aromatic carbocycles. The lowest BCUT2D eigenvalue weighted by molar-refractivity contribution is 0.582. The van der Waals surface area contributed by atoms with E-state index in [0.29, 0.717) is 5.39 Å². The molecule has 3 heteroatoms. The van der Waals surface area contributed by atoms with Crippen LogP contribution >= 0.6 is 0 Å². The average Bonchev–Trinajstić information content (AvgIpc) is 2.87. The first-order valence-corrected chi connectivity index (χ1v) is 5.39. The van der Waals surface area contributed by atoms with Crippen molar-refractivity contribution in [3.63, 3.8) is 0 Å². The molecule has 0 spiro atoms. The van der Waals surface area contributed by atoms with Crippen LogP contribution in [-0.4, -0.2) is 4.57 Å². The second-order valence-electron chi connectivity index (χ2n) is 3.98. The molecule has 0 aliphatic rings. The summed E-state index contributed by atoms with van der Waals surface area (Å²) in [5.41, 5.74) is 0.948. The molecule has 3 aromatic rings. The van der Waals surface area contributed by atoms with Crippen LogP contribution in [0.15, 0.2) is 58.1 Å². The van der Waals surface area contributed by atoms with Crippen LogP contribution < -0.4 is 5.56 Å². The molecule has 2 aromatic heterocycles. The van der Waals surface area contributed by atoms with E-state index in [2.05, 4.69) is 0 Å². The molecule has 0 aliphatic heterocycles. The zero-order chi connectivity index (χ0) is 11.8. The molecule has 0 radical (unpaired) electrons. The molecule has 0 amide bonds. The first-order valence-electron chi connectivity index (χ1n) is 5.39. The highest BCUT2D eigenvalue weighted by Crippen LogP contribution is 2.26. The van der Waals surface area contributed by atoms with Gasteiger partial charge in [0.25, 0.3) is 5.56 Å². The van der Waals surface area contributed by atoms with E-state index in [-0.39, 0.29) is 5.56 Å². The van der Waals surface area contributed by atoms with Crippen molar-refractivity contribution >= 4 is 10.8 Å². The standard InChI is InChI=1S/C14H11NO2/c1-15-9-12(13-7-4-8-17-13)10-5-2-3-6-11(10)14(15)16/h2-9H,1H3. The summed E-state index contributed by atoms with van der Waals surface area (Å²) >= 11 is 0. The van der Waals surface area contributed by atoms with Crippen LogP contribution in [-0.2, 0) is 7.05 Å². The van der Waals surface area contributed by atoms with Gasteiger partial charge in [0.05, 0.1) is 6.26 Å². The summed E-state index contributed by atoms with van der Waals surface area (Å²) in [6, 6.07) is 11.3. The van der Waals surface area contributed by atoms with Crippen molar-refractivity contribution in [2.24, 2.45) is 7.05 Å². The molecular weight excluding hydrogens is 214 g/mol. The van der Waals surface area contributed by atoms with E-state index in [4.69, 9.17) is 4.42 Å². The maximum absolute atomic E-state index is 12.0. The molecule has 3 rings (SSSR count). The lowest BCUT2D eigenvalue weighted by Crippen LogP contribution is -2.16. The van der Waals surface area contributed by atoms with Gasteiger partial charge in [-0.05, 0) is 23.6 Å². The highest BCUT2D eigenvalue weighted by molar-refractivity contribution is 5.94. The van der Waals surface area contributed by atoms with Crippen LogP contribution in [0.25, 0.3) is 22.1 Å². The SMILES string of the molecule is Cn1cc(-c2ccco2)c2ccccc2c1=O. The van der Waals surface area contributed by atoms with Crippen molar-refractivity contribution in [1.82, 2.24) is 4.57 Å². The molecule has 17 heavy (non-hydrogen) atoms. The number of hydrogen-bond donors (Lipinski definition) is 0. The van der Waals surface area contributed by atoms with Gasteiger partial charge in [-0.2, -0.15) is 0 Å². The highest BCUT2D eigenvalue weighted by Gasteiger charge is 2.09. The molecule has 0 fully saturated rings. The van der Waals surface area contributed by atoms with Gasteiger partial charge in [-0.25, -0.2) is 0 Å². The second-order valence-corrected chi connectivity index (χ2v) is 3.98. The Morgan fingerprint density at radius 3 is 2.53 bits per heavy atom. The van der Waals surface area contributed by atoms with Gasteiger partial charge in [0, 0.05) is 24.2 Å². The van der Waals surface area contributed by atoms with Crippen molar-refractivity contribution in [2.45, 2.75) is 0 Å². The minimum absolute atomic E-state index is 0.0101. The number of fused-ring (bicyclic) bond motifs is 1. The van der Waals surface area contributed by atoms with Gasteiger partial charge in [0.15, 0.2) is 0 Å². The van der Waals surface area contributed by atoms with Crippen molar-refractivity contribution in [3.05, 3.63) is 59.2 Å². The van der Waals surface area contributed by atoms with E-state index < -0.39 is 0 Å². The number of hydrogen-bond acceptors (Lipinski definition) is 2. The smallest absolute Gasteiger partial charge is 0.258 e. The highest BCUT2D eigenvalue weighted by atomic mass is 16.3. The third-order valence-corrected chi connectivity index (χ3v) is 2.88. The molecule has 0 atom stereocenters. The van der Waals surface area contributed by atoms with Crippen LogP contribution in [0.5, 0.6) is 0 Å². The average molecular weight is 225 g/mol. The number of aryl methyl sites for hydroxylation is 1. The Kier molecular flexibility index (Phi) is 2.11. The molecule has 84 valence electrons. The predicted octanol–water partition coefficient (Wildman–Crippen LogP) is 2.80. The van der Waals surface area contributed by atoms with E-state index in [1.54, 1.807) is 17.9 Å². The van der Waals surface area contributed by atoms with E-state index >= 15 is 0 Å². The molecule has 0 bridgehead atoms. The van der Waals surface area contributed by atoms with Crippen LogP contribution in [0, 0.1) is 0 Å². The van der Waals surface area contributed by atoms with Crippen LogP contribution in [0.2, 0.25) is 0 Å². The van der Waals surface area contributed by atoms with Gasteiger partial charge in [-0.1, -0.05) is 18.2 Å². The largest absolute Gasteiger partial charge is 0.464 e. The van der Waals surface area contributed by atoms with Gasteiger partial charge in [0.2, 0.25) is 0 Å². The zero-order valence-electron chi connectivity index (χ0n) is 9.38. The summed E-state index contributed by atoms with van der Waals surface area (Å²) in [5.74, 6) is 0.775. The lowest BCUT2D eigenvalue weighted by Gasteiger charge is -2.06. The zero-order valence-corrected chi connectivity index (χ0v) is 9.38. The maximum atomic E-state index is 12.0. The Balaban J connectivity index is 2.48. The molecule has 0 saturated carbocycles. The summed E-state index contributed by atoms with van der Waals surface area (Å²) in [5, 5.41) is 1.63. The van der Waals surface area contributed by atoms with Gasteiger partial charge in [-0.15, -0.1) is 0 Å². The van der Waals surface area contributed by atoms with Crippen LogP contribution in [0.1, 0.15) is 0 Å². The van der Waals surface area contributed by atoms with Crippen LogP contribution in [0.4, 0.5) is 0 Å². The van der Waals surface area contributed by atoms with Crippen molar-refractivity contribution in [3.8, 4) is 11.3 Å². The van der Waals surface area contributed by atoms with Gasteiger partial charge in [0.1, 0.15) is 5.76 Å². The number of furan rings is 1. The monoisotopic (exact) mass is 225 g/mol. The first kappa shape index (κ1) is 9.90. The molecule has 3 nitrogen and oxygen atoms in total. The van der Waals surface area contributed by atoms with Gasteiger partial charge < -0.3 is 8.98 Å². The molecule has 2 heterocycles. The summed E-state index contributed by atoms with van der Waals surface area (Å²) < 4.78 is 6.99. The van der Waals surface area contributed by atoms with Crippen molar-refractivity contribution in [1.29, 1.82) is 0 Å². The Morgan fingerprint density at radius 2 is 1.82 bits per heavy atom. The fraction of sp³-hybridized carbons (Fsp3) is 0.0714. The normalized spacial score (nSPS) is 10.9. The Labute approximate surface area is 97.9 Å². The van der Waals surface area contributed by atoms with Crippen LogP contribution in [0.3, 0.4) is 0 Å². The predicted molar refractivity (Wildman–Crippen MR) is 66.9 cm³/mol. The fourth-order valence-corrected chi connectivity index (χ4v) is 2.04. The fourth-order valence-electron chi connectivity index (χ4n) is 2.04. The second kappa shape index (κ2) is 3.63. The van der Waals surface area contributed by atoms with Gasteiger partial charge >= 0.3 is 0 Å². The number of nitrogens with zero attached hydrogens (tertiary/aromatic N) is 1. The van der Waals surface area contributed by atoms with Gasteiger partial charge in [-0.3, -0.25) is 4.79 Å². The number of aromatic nitrogens is 1. The van der Waals surface area contributed by atoms with Crippen molar-refractivity contribution in [2.75, 3.05) is 0 Å². The Hall–Kier alpha value is -2.29. The molecule has 0 saturated heterocycles. The third-order valence-electron chi connectivity index (χ3n) is 2.88. The van der Waals surface area contributed by atoms with E-state index in [1.165, 1.54) is 0 Å². The maximum Gasteiger partial charge on any atom is 0.258 e. The summed E-state index contributed by atoms with van der Waals surface area (Å²) in [7, 11) is 1.75. The van der Waals surface area contributed by atoms with E-state index in [9.17, 15) is 4.79 Å². The molecule has 0 unspecified atom stereocenters. The topological polar surface area (TPSA) is 35.1 Å².